The van der Waals surface area contributed by atoms with E-state index in [2.05, 4.69) is 5.32 Å². The Hall–Kier alpha value is -4.93. The Kier molecular flexibility index (Phi) is 6.42. The standard InChI is InChI=1S/C26H22N4O7/c31-24(27-14-17-8-9-22-23(13-17)37-16-36-22)10-11-28-25(32)20-6-1-2-7-21(20)29(26(28)33)15-18-4-3-5-19(12-18)30(34)35/h1-9,12-13H,10-11,14-16H2,(H,27,31). The normalized spacial score (nSPS) is 12.0. The Labute approximate surface area is 209 Å². The van der Waals surface area contributed by atoms with Gasteiger partial charge in [0.2, 0.25) is 12.7 Å². The van der Waals surface area contributed by atoms with Crippen LogP contribution in [-0.4, -0.2) is 26.8 Å². The van der Waals surface area contributed by atoms with Crippen molar-refractivity contribution in [2.45, 2.75) is 26.1 Å². The summed E-state index contributed by atoms with van der Waals surface area (Å²) >= 11 is 0. The largest absolute Gasteiger partial charge is 0.454 e. The van der Waals surface area contributed by atoms with Gasteiger partial charge in [-0.25, -0.2) is 4.79 Å². The van der Waals surface area contributed by atoms with E-state index in [0.717, 1.165) is 10.1 Å². The van der Waals surface area contributed by atoms with Gasteiger partial charge < -0.3 is 14.8 Å². The number of amides is 1. The number of ether oxygens (including phenoxy) is 2. The number of nitro benzene ring substituents is 1. The highest BCUT2D eigenvalue weighted by Gasteiger charge is 2.16. The monoisotopic (exact) mass is 502 g/mol. The molecule has 0 saturated heterocycles. The zero-order valence-electron chi connectivity index (χ0n) is 19.6. The number of aromatic nitrogens is 2. The number of fused-ring (bicyclic) bond motifs is 2. The minimum Gasteiger partial charge on any atom is -0.454 e. The second-order valence-electron chi connectivity index (χ2n) is 8.48. The fraction of sp³-hybridized carbons (Fsp3) is 0.192. The molecular formula is C26H22N4O7. The van der Waals surface area contributed by atoms with Crippen LogP contribution in [0, 0.1) is 10.1 Å². The molecule has 11 nitrogen and oxygen atoms in total. The zero-order valence-corrected chi connectivity index (χ0v) is 19.6. The number of nitro groups is 1. The average Bonchev–Trinajstić information content (AvgIpc) is 3.38. The molecule has 1 amide bonds. The molecule has 11 heteroatoms. The number of para-hydroxylation sites is 1. The van der Waals surface area contributed by atoms with Crippen molar-refractivity contribution in [3.8, 4) is 11.5 Å². The van der Waals surface area contributed by atoms with E-state index in [1.807, 2.05) is 6.07 Å². The van der Waals surface area contributed by atoms with Crippen molar-refractivity contribution in [1.29, 1.82) is 0 Å². The summed E-state index contributed by atoms with van der Waals surface area (Å²) in [6, 6.07) is 18.0. The summed E-state index contributed by atoms with van der Waals surface area (Å²) in [6.07, 6.45) is -0.0884. The lowest BCUT2D eigenvalue weighted by atomic mass is 10.2. The highest BCUT2D eigenvalue weighted by molar-refractivity contribution is 5.78. The highest BCUT2D eigenvalue weighted by Crippen LogP contribution is 2.32. The molecule has 2 heterocycles. The van der Waals surface area contributed by atoms with E-state index in [4.69, 9.17) is 9.47 Å². The van der Waals surface area contributed by atoms with Crippen LogP contribution in [0.3, 0.4) is 0 Å². The number of hydrogen-bond donors (Lipinski definition) is 1. The second-order valence-corrected chi connectivity index (χ2v) is 8.48. The quantitative estimate of drug-likeness (QED) is 0.289. The number of hydrogen-bond acceptors (Lipinski definition) is 7. The predicted molar refractivity (Wildman–Crippen MR) is 134 cm³/mol. The van der Waals surface area contributed by atoms with E-state index in [1.54, 1.807) is 48.5 Å². The molecule has 0 bridgehead atoms. The van der Waals surface area contributed by atoms with Crippen LogP contribution in [0.1, 0.15) is 17.5 Å². The average molecular weight is 502 g/mol. The third kappa shape index (κ3) is 4.92. The van der Waals surface area contributed by atoms with Gasteiger partial charge in [0.25, 0.3) is 11.2 Å². The summed E-state index contributed by atoms with van der Waals surface area (Å²) in [5.41, 5.74) is 0.570. The van der Waals surface area contributed by atoms with Crippen LogP contribution in [0.15, 0.2) is 76.3 Å². The number of carbonyl (C=O) groups is 1. The summed E-state index contributed by atoms with van der Waals surface area (Å²) in [5, 5.41) is 14.3. The topological polar surface area (TPSA) is 135 Å². The Morgan fingerprint density at radius 1 is 0.946 bits per heavy atom. The van der Waals surface area contributed by atoms with Crippen molar-refractivity contribution < 1.29 is 19.2 Å². The van der Waals surface area contributed by atoms with Crippen molar-refractivity contribution in [3.05, 3.63) is 109 Å². The second kappa shape index (κ2) is 9.97. The van der Waals surface area contributed by atoms with Crippen molar-refractivity contribution >= 4 is 22.5 Å². The van der Waals surface area contributed by atoms with Crippen molar-refractivity contribution in [2.24, 2.45) is 0 Å². The van der Waals surface area contributed by atoms with Gasteiger partial charge in [-0.05, 0) is 35.4 Å². The number of carbonyl (C=O) groups excluding carboxylic acids is 1. The molecule has 37 heavy (non-hydrogen) atoms. The highest BCUT2D eigenvalue weighted by atomic mass is 16.7. The maximum Gasteiger partial charge on any atom is 0.331 e. The number of benzene rings is 3. The lowest BCUT2D eigenvalue weighted by Gasteiger charge is -2.14. The van der Waals surface area contributed by atoms with Crippen molar-refractivity contribution in [3.63, 3.8) is 0 Å². The Balaban J connectivity index is 1.36. The first-order chi connectivity index (χ1) is 17.9. The fourth-order valence-corrected chi connectivity index (χ4v) is 4.23. The lowest BCUT2D eigenvalue weighted by Crippen LogP contribution is -2.41. The van der Waals surface area contributed by atoms with Gasteiger partial charge in [-0.15, -0.1) is 0 Å². The molecule has 0 fully saturated rings. The maximum absolute atomic E-state index is 13.4. The van der Waals surface area contributed by atoms with E-state index < -0.39 is 16.2 Å². The summed E-state index contributed by atoms with van der Waals surface area (Å²) in [4.78, 5) is 49.7. The summed E-state index contributed by atoms with van der Waals surface area (Å²) < 4.78 is 13.0. The fourth-order valence-electron chi connectivity index (χ4n) is 4.23. The first kappa shape index (κ1) is 23.8. The first-order valence-electron chi connectivity index (χ1n) is 11.5. The Morgan fingerprint density at radius 3 is 2.59 bits per heavy atom. The molecule has 3 aromatic carbocycles. The zero-order chi connectivity index (χ0) is 25.9. The predicted octanol–water partition coefficient (Wildman–Crippen LogP) is 2.55. The SMILES string of the molecule is O=C(CCn1c(=O)c2ccccc2n(Cc2cccc([N+](=O)[O-])c2)c1=O)NCc1ccc2c(c1)OCO2. The molecule has 1 aliphatic heterocycles. The molecule has 0 atom stereocenters. The number of non-ortho nitro benzene ring substituents is 1. The van der Waals surface area contributed by atoms with E-state index in [0.29, 0.717) is 28.0 Å². The van der Waals surface area contributed by atoms with Crippen molar-refractivity contribution in [1.82, 2.24) is 14.5 Å². The molecule has 1 aliphatic rings. The molecule has 5 rings (SSSR count). The Bertz CT molecular complexity index is 1640. The first-order valence-corrected chi connectivity index (χ1v) is 11.5. The van der Waals surface area contributed by atoms with Crippen LogP contribution in [0.2, 0.25) is 0 Å². The molecule has 0 aliphatic carbocycles. The smallest absolute Gasteiger partial charge is 0.331 e. The van der Waals surface area contributed by atoms with E-state index in [-0.39, 0.29) is 44.4 Å². The summed E-state index contributed by atoms with van der Waals surface area (Å²) in [5.74, 6) is 0.924. The molecule has 188 valence electrons. The molecule has 4 aromatic rings. The number of nitrogens with zero attached hydrogens (tertiary/aromatic N) is 3. The van der Waals surface area contributed by atoms with Gasteiger partial charge in [0.15, 0.2) is 11.5 Å². The summed E-state index contributed by atoms with van der Waals surface area (Å²) in [6.45, 7) is 0.311. The van der Waals surface area contributed by atoms with Gasteiger partial charge in [0, 0.05) is 31.6 Å². The minimum absolute atomic E-state index is 0.0254. The van der Waals surface area contributed by atoms with Crippen molar-refractivity contribution in [2.75, 3.05) is 6.79 Å². The van der Waals surface area contributed by atoms with E-state index in [1.165, 1.54) is 16.7 Å². The number of nitrogens with one attached hydrogen (secondary N) is 1. The van der Waals surface area contributed by atoms with Gasteiger partial charge in [-0.1, -0.05) is 30.3 Å². The molecule has 1 N–H and O–H groups in total. The molecule has 1 aromatic heterocycles. The third-order valence-corrected chi connectivity index (χ3v) is 6.08. The van der Waals surface area contributed by atoms with Crippen LogP contribution < -0.4 is 26.0 Å². The molecular weight excluding hydrogens is 480 g/mol. The van der Waals surface area contributed by atoms with Gasteiger partial charge in [0.1, 0.15) is 0 Å². The molecule has 0 unspecified atom stereocenters. The van der Waals surface area contributed by atoms with E-state index in [9.17, 15) is 24.5 Å². The van der Waals surface area contributed by atoms with Crippen LogP contribution in [-0.2, 0) is 24.4 Å². The van der Waals surface area contributed by atoms with Crippen LogP contribution in [0.5, 0.6) is 11.5 Å². The van der Waals surface area contributed by atoms with Crippen LogP contribution >= 0.6 is 0 Å². The molecule has 0 radical (unpaired) electrons. The van der Waals surface area contributed by atoms with Gasteiger partial charge in [-0.2, -0.15) is 0 Å². The van der Waals surface area contributed by atoms with Gasteiger partial charge in [0.05, 0.1) is 22.4 Å². The maximum atomic E-state index is 13.4. The third-order valence-electron chi connectivity index (χ3n) is 6.08. The summed E-state index contributed by atoms with van der Waals surface area (Å²) in [7, 11) is 0. The van der Waals surface area contributed by atoms with E-state index >= 15 is 0 Å². The van der Waals surface area contributed by atoms with Gasteiger partial charge in [-0.3, -0.25) is 28.8 Å². The lowest BCUT2D eigenvalue weighted by molar-refractivity contribution is -0.384. The molecule has 0 saturated carbocycles. The van der Waals surface area contributed by atoms with Gasteiger partial charge >= 0.3 is 5.69 Å². The Morgan fingerprint density at radius 2 is 1.76 bits per heavy atom. The number of rotatable bonds is 8. The minimum atomic E-state index is -0.598. The molecule has 0 spiro atoms. The van der Waals surface area contributed by atoms with Crippen LogP contribution in [0.25, 0.3) is 10.9 Å². The van der Waals surface area contributed by atoms with Crippen LogP contribution in [0.4, 0.5) is 5.69 Å².